The Hall–Kier alpha value is -2.94. The number of fused-ring (bicyclic) bond motifs is 1. The van der Waals surface area contributed by atoms with Crippen molar-refractivity contribution in [3.63, 3.8) is 0 Å². The minimum atomic E-state index is -0.595. The lowest BCUT2D eigenvalue weighted by molar-refractivity contribution is -0.190. The number of hydrogen-bond acceptors (Lipinski definition) is 4. The second-order valence-electron chi connectivity index (χ2n) is 10.2. The van der Waals surface area contributed by atoms with Crippen LogP contribution in [0.5, 0.6) is 0 Å². The number of halogens is 1. The molecule has 9 heteroatoms. The number of carbonyl (C=O) groups excluding carboxylic acids is 3. The highest BCUT2D eigenvalue weighted by atomic mass is 19.1. The Bertz CT molecular complexity index is 998. The maximum absolute atomic E-state index is 13.6. The molecule has 1 aromatic carbocycles. The highest BCUT2D eigenvalue weighted by Crippen LogP contribution is 2.31. The Morgan fingerprint density at radius 3 is 2.61 bits per heavy atom. The fourth-order valence-corrected chi connectivity index (χ4v) is 5.47. The van der Waals surface area contributed by atoms with Crippen LogP contribution in [0.1, 0.15) is 57.9 Å². The molecule has 196 valence electrons. The highest BCUT2D eigenvalue weighted by Gasteiger charge is 2.51. The monoisotopic (exact) mass is 499 g/mol. The van der Waals surface area contributed by atoms with Gasteiger partial charge in [-0.15, -0.1) is 0 Å². The van der Waals surface area contributed by atoms with Gasteiger partial charge in [-0.1, -0.05) is 44.1 Å². The second-order valence-corrected chi connectivity index (χ2v) is 10.2. The zero-order valence-corrected chi connectivity index (χ0v) is 21.6. The van der Waals surface area contributed by atoms with E-state index in [9.17, 15) is 18.8 Å². The molecule has 0 bridgehead atoms. The number of rotatable bonds is 7. The van der Waals surface area contributed by atoms with Crippen LogP contribution in [0, 0.1) is 11.7 Å². The zero-order chi connectivity index (χ0) is 25.8. The van der Waals surface area contributed by atoms with Gasteiger partial charge in [0.25, 0.3) is 0 Å². The molecule has 4 amide bonds. The Labute approximate surface area is 213 Å². The summed E-state index contributed by atoms with van der Waals surface area (Å²) in [4.78, 5) is 43.8. The molecule has 2 aliphatic heterocycles. The van der Waals surface area contributed by atoms with Gasteiger partial charge in [0.2, 0.25) is 11.8 Å². The molecule has 3 aliphatic rings. The second kappa shape index (κ2) is 11.4. The summed E-state index contributed by atoms with van der Waals surface area (Å²) in [5.74, 6) is -0.532. The zero-order valence-electron chi connectivity index (χ0n) is 21.6. The quantitative estimate of drug-likeness (QED) is 0.583. The Morgan fingerprint density at radius 1 is 1.19 bits per heavy atom. The fraction of sp³-hybridized carbons (Fsp3) is 0.593. The molecule has 0 radical (unpaired) electrons. The molecular weight excluding hydrogens is 461 g/mol. The third kappa shape index (κ3) is 5.56. The molecule has 2 saturated heterocycles. The topological polar surface area (TPSA) is 76.2 Å². The molecule has 3 atom stereocenters. The molecule has 2 fully saturated rings. The maximum Gasteiger partial charge on any atom is 0.334 e. The van der Waals surface area contributed by atoms with E-state index >= 15 is 0 Å². The van der Waals surface area contributed by atoms with Crippen molar-refractivity contribution in [3.05, 3.63) is 47.3 Å². The first-order valence-electron chi connectivity index (χ1n) is 13.1. The van der Waals surface area contributed by atoms with E-state index in [-0.39, 0.29) is 49.2 Å². The molecule has 0 spiro atoms. The van der Waals surface area contributed by atoms with Crippen LogP contribution < -0.4 is 5.32 Å². The van der Waals surface area contributed by atoms with E-state index < -0.39 is 12.2 Å². The van der Waals surface area contributed by atoms with Crippen LogP contribution in [-0.2, 0) is 16.1 Å². The van der Waals surface area contributed by atoms with E-state index in [0.29, 0.717) is 6.54 Å². The molecule has 0 saturated carbocycles. The summed E-state index contributed by atoms with van der Waals surface area (Å²) in [5, 5.41) is 6.11. The predicted octanol–water partition coefficient (Wildman–Crippen LogP) is 3.50. The molecule has 4 rings (SSSR count). The number of hydrogen-bond donors (Lipinski definition) is 1. The molecular formula is C27H38FN5O3. The number of nitrogens with zero attached hydrogens (tertiary/aromatic N) is 4. The number of allylic oxidation sites excluding steroid dienone is 1. The minimum Gasteiger partial charge on any atom is -0.337 e. The third-order valence-electron chi connectivity index (χ3n) is 7.71. The van der Waals surface area contributed by atoms with Crippen molar-refractivity contribution in [1.82, 2.24) is 25.1 Å². The molecule has 1 N–H and O–H groups in total. The van der Waals surface area contributed by atoms with E-state index in [1.54, 1.807) is 34.1 Å². The van der Waals surface area contributed by atoms with Crippen molar-refractivity contribution in [2.24, 2.45) is 5.92 Å². The van der Waals surface area contributed by atoms with Gasteiger partial charge in [-0.3, -0.25) is 9.59 Å². The van der Waals surface area contributed by atoms with Crippen molar-refractivity contribution in [3.8, 4) is 0 Å². The van der Waals surface area contributed by atoms with Gasteiger partial charge in [-0.25, -0.2) is 19.2 Å². The summed E-state index contributed by atoms with van der Waals surface area (Å²) < 4.78 is 13.3. The number of likely N-dealkylation sites (N-methyl/N-ethyl adjacent to an activating group) is 1. The molecule has 2 heterocycles. The lowest BCUT2D eigenvalue weighted by atomic mass is 9.92. The summed E-state index contributed by atoms with van der Waals surface area (Å²) in [5.41, 5.74) is 2.17. The number of nitrogens with one attached hydrogen (secondary N) is 1. The average molecular weight is 500 g/mol. The Morgan fingerprint density at radius 2 is 1.94 bits per heavy atom. The average Bonchev–Trinajstić information content (AvgIpc) is 2.87. The van der Waals surface area contributed by atoms with Gasteiger partial charge in [0.1, 0.15) is 18.0 Å². The predicted molar refractivity (Wildman–Crippen MR) is 135 cm³/mol. The van der Waals surface area contributed by atoms with Gasteiger partial charge in [0.05, 0.1) is 13.1 Å². The van der Waals surface area contributed by atoms with E-state index in [2.05, 4.69) is 11.4 Å². The number of amides is 4. The van der Waals surface area contributed by atoms with Gasteiger partial charge in [-0.05, 0) is 55.7 Å². The van der Waals surface area contributed by atoms with Crippen LogP contribution in [0.4, 0.5) is 9.18 Å². The summed E-state index contributed by atoms with van der Waals surface area (Å²) >= 11 is 0. The van der Waals surface area contributed by atoms with Crippen molar-refractivity contribution in [2.45, 2.75) is 71.1 Å². The summed E-state index contributed by atoms with van der Waals surface area (Å²) in [7, 11) is 1.72. The van der Waals surface area contributed by atoms with Crippen molar-refractivity contribution >= 4 is 17.8 Å². The van der Waals surface area contributed by atoms with Gasteiger partial charge in [0.15, 0.2) is 0 Å². The van der Waals surface area contributed by atoms with Crippen LogP contribution in [0.3, 0.4) is 0 Å². The highest BCUT2D eigenvalue weighted by molar-refractivity contribution is 5.91. The van der Waals surface area contributed by atoms with E-state index in [1.165, 1.54) is 30.5 Å². The van der Waals surface area contributed by atoms with Gasteiger partial charge in [0, 0.05) is 20.1 Å². The Balaban J connectivity index is 1.55. The molecule has 8 nitrogen and oxygen atoms in total. The standard InChI is InChI=1S/C27H38FN5O3/c1-4-19(2)25-26(35)31(15-14-20-8-6-5-7-9-20)17-23-32(25)24(34)18-30(3)33(23)27(36)29-16-21-10-12-22(28)13-11-21/h8,10-13,19,23,25H,4-7,9,14-18H2,1-3H3,(H,29,36)/t19?,23-,25-/m0/s1. The first-order valence-corrected chi connectivity index (χ1v) is 13.1. The summed E-state index contributed by atoms with van der Waals surface area (Å²) in [6, 6.07) is 5.03. The van der Waals surface area contributed by atoms with Crippen molar-refractivity contribution in [1.29, 1.82) is 0 Å². The fourth-order valence-electron chi connectivity index (χ4n) is 5.47. The van der Waals surface area contributed by atoms with Gasteiger partial charge < -0.3 is 15.1 Å². The number of hydrazine groups is 1. The number of carbonyl (C=O) groups is 3. The molecule has 36 heavy (non-hydrogen) atoms. The smallest absolute Gasteiger partial charge is 0.334 e. The van der Waals surface area contributed by atoms with Crippen LogP contribution in [0.15, 0.2) is 35.9 Å². The normalized spacial score (nSPS) is 23.9. The number of urea groups is 1. The van der Waals surface area contributed by atoms with Crippen LogP contribution >= 0.6 is 0 Å². The van der Waals surface area contributed by atoms with Gasteiger partial charge in [-0.2, -0.15) is 0 Å². The van der Waals surface area contributed by atoms with E-state index in [0.717, 1.165) is 31.2 Å². The number of benzene rings is 1. The van der Waals surface area contributed by atoms with E-state index in [4.69, 9.17) is 0 Å². The molecule has 0 aromatic heterocycles. The van der Waals surface area contributed by atoms with E-state index in [1.807, 2.05) is 18.7 Å². The summed E-state index contributed by atoms with van der Waals surface area (Å²) in [6.45, 7) is 5.14. The maximum atomic E-state index is 13.6. The van der Waals surface area contributed by atoms with Gasteiger partial charge >= 0.3 is 6.03 Å². The molecule has 1 aromatic rings. The van der Waals surface area contributed by atoms with Crippen LogP contribution in [0.2, 0.25) is 0 Å². The Kier molecular flexibility index (Phi) is 8.28. The molecule has 1 aliphatic carbocycles. The first kappa shape index (κ1) is 26.1. The van der Waals surface area contributed by atoms with Crippen LogP contribution in [-0.4, -0.2) is 76.6 Å². The third-order valence-corrected chi connectivity index (χ3v) is 7.71. The SMILES string of the molecule is CCC(C)[C@H]1C(=O)N(CCC2=CCCCC2)C[C@H]2N1C(=O)CN(C)N2C(=O)NCc1ccc(F)cc1. The summed E-state index contributed by atoms with van der Waals surface area (Å²) in [6.07, 6.45) is 7.86. The van der Waals surface area contributed by atoms with Crippen molar-refractivity contribution < 1.29 is 18.8 Å². The largest absolute Gasteiger partial charge is 0.337 e. The van der Waals surface area contributed by atoms with Crippen molar-refractivity contribution in [2.75, 3.05) is 26.7 Å². The van der Waals surface area contributed by atoms with Crippen LogP contribution in [0.25, 0.3) is 0 Å². The lowest BCUT2D eigenvalue weighted by Crippen LogP contribution is -2.76. The molecule has 1 unspecified atom stereocenters. The minimum absolute atomic E-state index is 0.0214. The number of piperazine rings is 1. The lowest BCUT2D eigenvalue weighted by Gasteiger charge is -2.55. The first-order chi connectivity index (χ1) is 17.3.